The first-order valence-corrected chi connectivity index (χ1v) is 9.16. The van der Waals surface area contributed by atoms with Gasteiger partial charge in [-0.2, -0.15) is 13.2 Å². The molecule has 1 aromatic rings. The van der Waals surface area contributed by atoms with E-state index in [9.17, 15) is 13.2 Å². The van der Waals surface area contributed by atoms with E-state index >= 15 is 0 Å². The minimum atomic E-state index is -4.26. The summed E-state index contributed by atoms with van der Waals surface area (Å²) in [7, 11) is -1.73. The van der Waals surface area contributed by atoms with Crippen LogP contribution in [-0.2, 0) is 17.0 Å². The average Bonchev–Trinajstić information content (AvgIpc) is 2.26. The molecule has 0 heterocycles. The second kappa shape index (κ2) is 5.89. The van der Waals surface area contributed by atoms with Crippen molar-refractivity contribution >= 4 is 8.32 Å². The summed E-state index contributed by atoms with van der Waals surface area (Å²) in [5.74, 6) is 0. The molecule has 0 aliphatic rings. The lowest BCUT2D eigenvalue weighted by atomic mass is 10.1. The van der Waals surface area contributed by atoms with Crippen LogP contribution < -0.4 is 0 Å². The van der Waals surface area contributed by atoms with Crippen molar-refractivity contribution in [1.82, 2.24) is 0 Å². The lowest BCUT2D eigenvalue weighted by Gasteiger charge is -2.21. The molecule has 5 heteroatoms. The first-order valence-electron chi connectivity index (χ1n) is 6.05. The van der Waals surface area contributed by atoms with Crippen LogP contribution in [0, 0.1) is 0 Å². The van der Waals surface area contributed by atoms with E-state index in [1.165, 1.54) is 12.1 Å². The fourth-order valence-corrected chi connectivity index (χ4v) is 3.63. The van der Waals surface area contributed by atoms with E-state index in [0.29, 0.717) is 13.0 Å². The molecular weight excluding hydrogens is 257 g/mol. The van der Waals surface area contributed by atoms with Gasteiger partial charge in [0.1, 0.15) is 0 Å². The summed E-state index contributed by atoms with van der Waals surface area (Å²) in [6.07, 6.45) is -3.62. The third-order valence-electron chi connectivity index (χ3n) is 2.81. The number of benzene rings is 1. The Morgan fingerprint density at radius 2 is 1.89 bits per heavy atom. The molecule has 0 atom stereocenters. The zero-order valence-corrected chi connectivity index (χ0v) is 12.0. The van der Waals surface area contributed by atoms with Crippen molar-refractivity contribution < 1.29 is 17.6 Å². The highest BCUT2D eigenvalue weighted by molar-refractivity contribution is 6.71. The number of halogens is 3. The predicted octanol–water partition coefficient (Wildman–Crippen LogP) is 4.49. The highest BCUT2D eigenvalue weighted by Gasteiger charge is 2.30. The van der Waals surface area contributed by atoms with E-state index in [0.717, 1.165) is 17.7 Å². The Morgan fingerprint density at radius 1 is 1.22 bits per heavy atom. The van der Waals surface area contributed by atoms with Crippen molar-refractivity contribution in [3.05, 3.63) is 35.4 Å². The zero-order chi connectivity index (χ0) is 13.8. The fraction of sp³-hybridized carbons (Fsp3) is 0.538. The van der Waals surface area contributed by atoms with E-state index < -0.39 is 20.1 Å². The van der Waals surface area contributed by atoms with E-state index in [2.05, 4.69) is 13.1 Å². The van der Waals surface area contributed by atoms with Crippen molar-refractivity contribution in [1.29, 1.82) is 0 Å². The van der Waals surface area contributed by atoms with Crippen LogP contribution in [0.4, 0.5) is 13.2 Å². The van der Waals surface area contributed by atoms with Crippen LogP contribution in [-0.4, -0.2) is 14.9 Å². The summed E-state index contributed by atoms with van der Waals surface area (Å²) in [5.41, 5.74) is 0.154. The van der Waals surface area contributed by atoms with Gasteiger partial charge >= 0.3 is 6.18 Å². The van der Waals surface area contributed by atoms with Crippen LogP contribution in [0.5, 0.6) is 0 Å². The van der Waals surface area contributed by atoms with Gasteiger partial charge in [0.2, 0.25) is 0 Å². The molecular formula is C13H19F3OSi. The molecule has 1 nitrogen and oxygen atoms in total. The van der Waals surface area contributed by atoms with Gasteiger partial charge in [0.25, 0.3) is 0 Å². The fourth-order valence-electron chi connectivity index (χ4n) is 1.81. The van der Waals surface area contributed by atoms with Crippen LogP contribution in [0.3, 0.4) is 0 Å². The summed E-state index contributed by atoms with van der Waals surface area (Å²) in [4.78, 5) is 0. The van der Waals surface area contributed by atoms with Gasteiger partial charge in [0.15, 0.2) is 8.32 Å². The summed E-state index contributed by atoms with van der Waals surface area (Å²) in [5, 5.41) is 0. The Labute approximate surface area is 107 Å². The molecule has 0 aliphatic heterocycles. The maximum Gasteiger partial charge on any atom is 0.416 e. The molecule has 0 radical (unpaired) electrons. The molecule has 102 valence electrons. The normalized spacial score (nSPS) is 12.8. The molecule has 0 unspecified atom stereocenters. The molecule has 0 saturated heterocycles. The number of hydrogen-bond acceptors (Lipinski definition) is 1. The second-order valence-corrected chi connectivity index (χ2v) is 9.20. The number of rotatable bonds is 5. The number of hydrogen-bond donors (Lipinski definition) is 0. The summed E-state index contributed by atoms with van der Waals surface area (Å²) >= 11 is 0. The van der Waals surface area contributed by atoms with Crippen molar-refractivity contribution in [3.8, 4) is 0 Å². The lowest BCUT2D eigenvalue weighted by molar-refractivity contribution is -0.137. The number of alkyl halides is 3. The quantitative estimate of drug-likeness (QED) is 0.720. The molecule has 0 saturated carbocycles. The van der Waals surface area contributed by atoms with Crippen molar-refractivity contribution in [3.63, 3.8) is 0 Å². The third kappa shape index (κ3) is 4.82. The molecule has 0 aliphatic carbocycles. The molecule has 0 aromatic heterocycles. The Hall–Kier alpha value is -0.813. The van der Waals surface area contributed by atoms with Crippen LogP contribution in [0.15, 0.2) is 24.3 Å². The third-order valence-corrected chi connectivity index (χ3v) is 5.33. The molecule has 0 spiro atoms. The molecule has 1 aromatic carbocycles. The predicted molar refractivity (Wildman–Crippen MR) is 69.1 cm³/mol. The second-order valence-electron chi connectivity index (χ2n) is 4.89. The maximum absolute atomic E-state index is 12.5. The molecule has 0 bridgehead atoms. The molecule has 0 N–H and O–H groups in total. The zero-order valence-electron chi connectivity index (χ0n) is 11.0. The Morgan fingerprint density at radius 3 is 2.44 bits per heavy atom. The minimum Gasteiger partial charge on any atom is -0.418 e. The van der Waals surface area contributed by atoms with Crippen molar-refractivity contribution in [2.24, 2.45) is 0 Å². The van der Waals surface area contributed by atoms with Crippen LogP contribution in [0.25, 0.3) is 0 Å². The standard InChI is InChI=1S/C13H19F3OSi/c1-4-17-18(2,3)9-8-11-6-5-7-12(10-11)13(14,15)16/h5-7,10H,4,8-9H2,1-3H3. The first kappa shape index (κ1) is 15.2. The van der Waals surface area contributed by atoms with Gasteiger partial charge in [0.05, 0.1) is 5.56 Å². The molecule has 1 rings (SSSR count). The molecule has 0 fully saturated rings. The minimum absolute atomic E-state index is 0.573. The van der Waals surface area contributed by atoms with Crippen LogP contribution in [0.2, 0.25) is 19.1 Å². The van der Waals surface area contributed by atoms with E-state index in [-0.39, 0.29) is 0 Å². The van der Waals surface area contributed by atoms with Gasteiger partial charge in [-0.1, -0.05) is 18.2 Å². The summed E-state index contributed by atoms with van der Waals surface area (Å²) < 4.78 is 43.3. The van der Waals surface area contributed by atoms with Gasteiger partial charge < -0.3 is 4.43 Å². The topological polar surface area (TPSA) is 9.23 Å². The van der Waals surface area contributed by atoms with E-state index in [1.807, 2.05) is 6.92 Å². The summed E-state index contributed by atoms with van der Waals surface area (Å²) in [6.45, 7) is 6.79. The van der Waals surface area contributed by atoms with Crippen LogP contribution >= 0.6 is 0 Å². The largest absolute Gasteiger partial charge is 0.418 e. The van der Waals surface area contributed by atoms with Crippen molar-refractivity contribution in [2.75, 3.05) is 6.61 Å². The van der Waals surface area contributed by atoms with Gasteiger partial charge in [0, 0.05) is 6.61 Å². The van der Waals surface area contributed by atoms with E-state index in [1.54, 1.807) is 6.07 Å². The lowest BCUT2D eigenvalue weighted by Crippen LogP contribution is -2.30. The van der Waals surface area contributed by atoms with Gasteiger partial charge in [-0.05, 0) is 44.1 Å². The van der Waals surface area contributed by atoms with E-state index in [4.69, 9.17) is 4.43 Å². The smallest absolute Gasteiger partial charge is 0.416 e. The average molecular weight is 276 g/mol. The monoisotopic (exact) mass is 276 g/mol. The SMILES string of the molecule is CCO[Si](C)(C)CCc1cccc(C(F)(F)F)c1. The Balaban J connectivity index is 2.69. The first-order chi connectivity index (χ1) is 8.24. The summed E-state index contributed by atoms with van der Waals surface area (Å²) in [6, 6.07) is 6.38. The molecule has 0 amide bonds. The Bertz CT molecular complexity index is 388. The highest BCUT2D eigenvalue weighted by Crippen LogP contribution is 2.30. The Kier molecular flexibility index (Phi) is 4.98. The van der Waals surface area contributed by atoms with Crippen molar-refractivity contribution in [2.45, 2.75) is 38.7 Å². The highest BCUT2D eigenvalue weighted by atomic mass is 28.4. The van der Waals surface area contributed by atoms with Crippen LogP contribution in [0.1, 0.15) is 18.1 Å². The number of aryl methyl sites for hydroxylation is 1. The van der Waals surface area contributed by atoms with Gasteiger partial charge in [-0.3, -0.25) is 0 Å². The van der Waals surface area contributed by atoms with Gasteiger partial charge in [-0.15, -0.1) is 0 Å². The maximum atomic E-state index is 12.5. The molecule has 18 heavy (non-hydrogen) atoms. The van der Waals surface area contributed by atoms with Gasteiger partial charge in [-0.25, -0.2) is 0 Å².